The minimum absolute atomic E-state index is 0.107. The molecule has 0 saturated carbocycles. The average molecular weight is 288 g/mol. The van der Waals surface area contributed by atoms with Crippen molar-refractivity contribution in [1.82, 2.24) is 0 Å². The lowest BCUT2D eigenvalue weighted by atomic mass is 10.1. The molecule has 1 amide bonds. The highest BCUT2D eigenvalue weighted by Gasteiger charge is 2.20. The monoisotopic (exact) mass is 288 g/mol. The second-order valence-electron chi connectivity index (χ2n) is 4.53. The Bertz CT molecular complexity index is 617. The van der Waals surface area contributed by atoms with E-state index >= 15 is 0 Å². The van der Waals surface area contributed by atoms with Crippen LogP contribution in [0.4, 0.5) is 10.1 Å². The van der Waals surface area contributed by atoms with E-state index in [0.29, 0.717) is 11.1 Å². The van der Waals surface area contributed by atoms with Gasteiger partial charge in [0.25, 0.3) is 5.91 Å². The molecule has 0 aliphatic carbocycles. The maximum atomic E-state index is 13.9. The number of nitrogens with two attached hydrogens (primary N) is 1. The number of hydrogen-bond acceptors (Lipinski definition) is 3. The Kier molecular flexibility index (Phi) is 5.03. The zero-order valence-corrected chi connectivity index (χ0v) is 11.7. The van der Waals surface area contributed by atoms with Crippen LogP contribution in [0.5, 0.6) is 0 Å². The number of methoxy groups -OCH3 is 1. The molecule has 0 bridgehead atoms. The van der Waals surface area contributed by atoms with Gasteiger partial charge in [-0.2, -0.15) is 0 Å². The van der Waals surface area contributed by atoms with E-state index < -0.39 is 17.8 Å². The SMILES string of the molecule is COC(C(=O)Nc1ccc(CN)cc1F)c1ccccc1. The molecule has 110 valence electrons. The van der Waals surface area contributed by atoms with Gasteiger partial charge < -0.3 is 15.8 Å². The zero-order valence-electron chi connectivity index (χ0n) is 11.7. The molecule has 0 radical (unpaired) electrons. The molecule has 0 saturated heterocycles. The van der Waals surface area contributed by atoms with Gasteiger partial charge >= 0.3 is 0 Å². The Balaban J connectivity index is 2.16. The quantitative estimate of drug-likeness (QED) is 0.889. The van der Waals surface area contributed by atoms with Crippen LogP contribution in [-0.4, -0.2) is 13.0 Å². The van der Waals surface area contributed by atoms with Crippen LogP contribution >= 0.6 is 0 Å². The first-order valence-electron chi connectivity index (χ1n) is 6.52. The van der Waals surface area contributed by atoms with Gasteiger partial charge in [-0.1, -0.05) is 36.4 Å². The summed E-state index contributed by atoms with van der Waals surface area (Å²) in [5, 5.41) is 2.53. The Labute approximate surface area is 122 Å². The summed E-state index contributed by atoms with van der Waals surface area (Å²) in [7, 11) is 1.44. The van der Waals surface area contributed by atoms with E-state index in [-0.39, 0.29) is 12.2 Å². The minimum Gasteiger partial charge on any atom is -0.367 e. The predicted molar refractivity (Wildman–Crippen MR) is 79.1 cm³/mol. The number of hydrogen-bond donors (Lipinski definition) is 2. The number of carbonyl (C=O) groups excluding carboxylic acids is 1. The van der Waals surface area contributed by atoms with Crippen LogP contribution in [0.25, 0.3) is 0 Å². The summed E-state index contributed by atoms with van der Waals surface area (Å²) in [6.45, 7) is 0.246. The van der Waals surface area contributed by atoms with Crippen molar-refractivity contribution in [3.8, 4) is 0 Å². The van der Waals surface area contributed by atoms with E-state index in [2.05, 4.69) is 5.32 Å². The first-order valence-corrected chi connectivity index (χ1v) is 6.52. The minimum atomic E-state index is -0.792. The molecule has 2 aromatic carbocycles. The molecule has 5 heteroatoms. The summed E-state index contributed by atoms with van der Waals surface area (Å²) in [5.74, 6) is -0.947. The van der Waals surface area contributed by atoms with Crippen molar-refractivity contribution in [3.05, 3.63) is 65.5 Å². The molecule has 3 N–H and O–H groups in total. The molecule has 0 aliphatic rings. The smallest absolute Gasteiger partial charge is 0.258 e. The van der Waals surface area contributed by atoms with Crippen LogP contribution in [0.3, 0.4) is 0 Å². The molecule has 1 atom stereocenters. The topological polar surface area (TPSA) is 64.3 Å². The van der Waals surface area contributed by atoms with E-state index in [1.165, 1.54) is 19.2 Å². The van der Waals surface area contributed by atoms with Gasteiger partial charge in [0, 0.05) is 13.7 Å². The van der Waals surface area contributed by atoms with Crippen molar-refractivity contribution in [3.63, 3.8) is 0 Å². The lowest BCUT2D eigenvalue weighted by Gasteiger charge is -2.16. The number of benzene rings is 2. The fourth-order valence-electron chi connectivity index (χ4n) is 2.01. The second kappa shape index (κ2) is 6.97. The summed E-state index contributed by atoms with van der Waals surface area (Å²) in [6, 6.07) is 13.5. The number of halogens is 1. The van der Waals surface area contributed by atoms with Crippen LogP contribution in [-0.2, 0) is 16.1 Å². The van der Waals surface area contributed by atoms with Crippen molar-refractivity contribution in [1.29, 1.82) is 0 Å². The Morgan fingerprint density at radius 3 is 2.57 bits per heavy atom. The van der Waals surface area contributed by atoms with Crippen molar-refractivity contribution in [2.24, 2.45) is 5.73 Å². The molecule has 2 aromatic rings. The average Bonchev–Trinajstić information content (AvgIpc) is 2.51. The Morgan fingerprint density at radius 2 is 2.00 bits per heavy atom. The first kappa shape index (κ1) is 15.2. The van der Waals surface area contributed by atoms with E-state index in [1.807, 2.05) is 18.2 Å². The Morgan fingerprint density at radius 1 is 1.29 bits per heavy atom. The fourth-order valence-corrected chi connectivity index (χ4v) is 2.01. The molecule has 4 nitrogen and oxygen atoms in total. The molecule has 0 heterocycles. The van der Waals surface area contributed by atoms with Gasteiger partial charge in [-0.05, 0) is 23.3 Å². The third-order valence-electron chi connectivity index (χ3n) is 3.10. The maximum absolute atomic E-state index is 13.9. The van der Waals surface area contributed by atoms with E-state index in [1.54, 1.807) is 18.2 Å². The highest BCUT2D eigenvalue weighted by Crippen LogP contribution is 2.21. The van der Waals surface area contributed by atoms with Crippen LogP contribution in [0.2, 0.25) is 0 Å². The normalized spacial score (nSPS) is 12.0. The zero-order chi connectivity index (χ0) is 15.2. The van der Waals surface area contributed by atoms with Gasteiger partial charge in [0.05, 0.1) is 5.69 Å². The third kappa shape index (κ3) is 3.65. The van der Waals surface area contributed by atoms with Gasteiger partial charge in [0.1, 0.15) is 5.82 Å². The van der Waals surface area contributed by atoms with Gasteiger partial charge in [-0.15, -0.1) is 0 Å². The van der Waals surface area contributed by atoms with E-state index in [0.717, 1.165) is 0 Å². The molecule has 21 heavy (non-hydrogen) atoms. The molecular weight excluding hydrogens is 271 g/mol. The number of anilines is 1. The standard InChI is InChI=1S/C16H17FN2O2/c1-21-15(12-5-3-2-4-6-12)16(20)19-14-8-7-11(10-18)9-13(14)17/h2-9,15H,10,18H2,1H3,(H,19,20). The molecule has 0 aromatic heterocycles. The number of rotatable bonds is 5. The van der Waals surface area contributed by atoms with E-state index in [4.69, 9.17) is 10.5 Å². The first-order chi connectivity index (χ1) is 10.2. The van der Waals surface area contributed by atoms with Gasteiger partial charge in [-0.3, -0.25) is 4.79 Å². The predicted octanol–water partition coefficient (Wildman–Crippen LogP) is 2.61. The summed E-state index contributed by atoms with van der Waals surface area (Å²) in [6.07, 6.45) is -0.792. The fraction of sp³-hybridized carbons (Fsp3) is 0.188. The number of ether oxygens (including phenoxy) is 1. The van der Waals surface area contributed by atoms with Crippen molar-refractivity contribution < 1.29 is 13.9 Å². The summed E-state index contributed by atoms with van der Waals surface area (Å²) in [4.78, 5) is 12.2. The molecule has 0 fully saturated rings. The van der Waals surface area contributed by atoms with Crippen LogP contribution in [0.15, 0.2) is 48.5 Å². The third-order valence-corrected chi connectivity index (χ3v) is 3.10. The number of nitrogens with one attached hydrogen (secondary N) is 1. The highest BCUT2D eigenvalue weighted by molar-refractivity contribution is 5.95. The van der Waals surface area contributed by atoms with Crippen LogP contribution < -0.4 is 11.1 Å². The Hall–Kier alpha value is -2.24. The van der Waals surface area contributed by atoms with Crippen molar-refractivity contribution in [2.75, 3.05) is 12.4 Å². The van der Waals surface area contributed by atoms with Crippen LogP contribution in [0.1, 0.15) is 17.2 Å². The number of carbonyl (C=O) groups is 1. The van der Waals surface area contributed by atoms with Crippen LogP contribution in [0, 0.1) is 5.82 Å². The lowest BCUT2D eigenvalue weighted by Crippen LogP contribution is -2.23. The van der Waals surface area contributed by atoms with E-state index in [9.17, 15) is 9.18 Å². The summed E-state index contributed by atoms with van der Waals surface area (Å²) in [5.41, 5.74) is 6.92. The number of amides is 1. The molecular formula is C16H17FN2O2. The second-order valence-corrected chi connectivity index (χ2v) is 4.53. The van der Waals surface area contributed by atoms with Gasteiger partial charge in [0.2, 0.25) is 0 Å². The summed E-state index contributed by atoms with van der Waals surface area (Å²) < 4.78 is 19.1. The molecule has 1 unspecified atom stereocenters. The van der Waals surface area contributed by atoms with Crippen molar-refractivity contribution >= 4 is 11.6 Å². The largest absolute Gasteiger partial charge is 0.367 e. The molecule has 0 spiro atoms. The van der Waals surface area contributed by atoms with Crippen molar-refractivity contribution in [2.45, 2.75) is 12.6 Å². The maximum Gasteiger partial charge on any atom is 0.258 e. The van der Waals surface area contributed by atoms with Gasteiger partial charge in [-0.25, -0.2) is 4.39 Å². The summed E-state index contributed by atoms with van der Waals surface area (Å²) >= 11 is 0. The lowest BCUT2D eigenvalue weighted by molar-refractivity contribution is -0.126. The molecule has 2 rings (SSSR count). The highest BCUT2D eigenvalue weighted by atomic mass is 19.1. The van der Waals surface area contributed by atoms with Gasteiger partial charge in [0.15, 0.2) is 6.10 Å². The molecule has 0 aliphatic heterocycles.